The summed E-state index contributed by atoms with van der Waals surface area (Å²) < 4.78 is 6.00. The molecule has 2 nitrogen and oxygen atoms in total. The standard InChI is InChI=1S/C24H35NO/c1-5-6-7-10-17-26-23-12-9-8-11-21(23)19-25-18-20-13-15-22(16-14-20)24(2,3)4/h8-9,11-16,25H,5-7,10,17-19H2,1-4H3. The van der Waals surface area contributed by atoms with Gasteiger partial charge in [-0.15, -0.1) is 0 Å². The van der Waals surface area contributed by atoms with Crippen molar-refractivity contribution >= 4 is 0 Å². The molecular formula is C24H35NO. The normalized spacial score (nSPS) is 11.5. The van der Waals surface area contributed by atoms with E-state index in [0.717, 1.165) is 31.9 Å². The highest BCUT2D eigenvalue weighted by atomic mass is 16.5. The fraction of sp³-hybridized carbons (Fsp3) is 0.500. The van der Waals surface area contributed by atoms with Gasteiger partial charge in [0.05, 0.1) is 6.61 Å². The molecule has 0 unspecified atom stereocenters. The van der Waals surface area contributed by atoms with E-state index in [1.807, 2.05) is 0 Å². The van der Waals surface area contributed by atoms with Crippen molar-refractivity contribution in [2.45, 2.75) is 71.9 Å². The average Bonchev–Trinajstić information content (AvgIpc) is 2.62. The largest absolute Gasteiger partial charge is 0.493 e. The lowest BCUT2D eigenvalue weighted by atomic mass is 9.87. The molecule has 2 aromatic carbocycles. The molecule has 0 fully saturated rings. The minimum atomic E-state index is 0.208. The Hall–Kier alpha value is -1.80. The molecule has 0 aromatic heterocycles. The van der Waals surface area contributed by atoms with Gasteiger partial charge in [-0.2, -0.15) is 0 Å². The van der Waals surface area contributed by atoms with Gasteiger partial charge in [0.15, 0.2) is 0 Å². The molecule has 142 valence electrons. The fourth-order valence-electron chi connectivity index (χ4n) is 2.97. The molecule has 0 saturated carbocycles. The zero-order valence-corrected chi connectivity index (χ0v) is 17.0. The smallest absolute Gasteiger partial charge is 0.123 e. The predicted octanol–water partition coefficient (Wildman–Crippen LogP) is 6.23. The van der Waals surface area contributed by atoms with E-state index in [4.69, 9.17) is 4.74 Å². The van der Waals surface area contributed by atoms with E-state index in [9.17, 15) is 0 Å². The molecule has 0 aliphatic heterocycles. The molecule has 0 saturated heterocycles. The van der Waals surface area contributed by atoms with Crippen LogP contribution in [0.3, 0.4) is 0 Å². The van der Waals surface area contributed by atoms with Crippen LogP contribution in [0.15, 0.2) is 48.5 Å². The van der Waals surface area contributed by atoms with E-state index in [1.54, 1.807) is 0 Å². The van der Waals surface area contributed by atoms with Gasteiger partial charge in [-0.25, -0.2) is 0 Å². The van der Waals surface area contributed by atoms with Gasteiger partial charge < -0.3 is 10.1 Å². The van der Waals surface area contributed by atoms with Gasteiger partial charge in [-0.05, 0) is 29.0 Å². The first-order valence-electron chi connectivity index (χ1n) is 10.0. The zero-order chi connectivity index (χ0) is 18.8. The van der Waals surface area contributed by atoms with E-state index < -0.39 is 0 Å². The summed E-state index contributed by atoms with van der Waals surface area (Å²) in [5.41, 5.74) is 4.13. The van der Waals surface area contributed by atoms with E-state index in [0.29, 0.717) is 0 Å². The van der Waals surface area contributed by atoms with Crippen molar-refractivity contribution in [3.05, 3.63) is 65.2 Å². The van der Waals surface area contributed by atoms with Crippen LogP contribution in [-0.2, 0) is 18.5 Å². The Morgan fingerprint density at radius 3 is 2.27 bits per heavy atom. The molecule has 26 heavy (non-hydrogen) atoms. The maximum atomic E-state index is 6.00. The summed E-state index contributed by atoms with van der Waals surface area (Å²) in [7, 11) is 0. The van der Waals surface area contributed by atoms with E-state index in [2.05, 4.69) is 81.5 Å². The first-order valence-corrected chi connectivity index (χ1v) is 10.0. The van der Waals surface area contributed by atoms with E-state index >= 15 is 0 Å². The SMILES string of the molecule is CCCCCCOc1ccccc1CNCc1ccc(C(C)(C)C)cc1. The van der Waals surface area contributed by atoms with Gasteiger partial charge >= 0.3 is 0 Å². The lowest BCUT2D eigenvalue weighted by Gasteiger charge is -2.19. The second kappa shape index (κ2) is 10.4. The van der Waals surface area contributed by atoms with Crippen LogP contribution in [0, 0.1) is 0 Å². The van der Waals surface area contributed by atoms with Crippen molar-refractivity contribution in [3.8, 4) is 5.75 Å². The van der Waals surface area contributed by atoms with Gasteiger partial charge in [0, 0.05) is 18.7 Å². The summed E-state index contributed by atoms with van der Waals surface area (Å²) >= 11 is 0. The van der Waals surface area contributed by atoms with Gasteiger partial charge in [-0.3, -0.25) is 0 Å². The number of rotatable bonds is 10. The van der Waals surface area contributed by atoms with Crippen molar-refractivity contribution < 1.29 is 4.74 Å². The molecule has 2 rings (SSSR count). The van der Waals surface area contributed by atoms with Gasteiger partial charge in [0.1, 0.15) is 5.75 Å². The molecule has 0 aliphatic carbocycles. The number of para-hydroxylation sites is 1. The van der Waals surface area contributed by atoms with E-state index in [1.165, 1.54) is 36.0 Å². The predicted molar refractivity (Wildman–Crippen MR) is 112 cm³/mol. The number of nitrogens with one attached hydrogen (secondary N) is 1. The van der Waals surface area contributed by atoms with Crippen molar-refractivity contribution in [1.29, 1.82) is 0 Å². The number of ether oxygens (including phenoxy) is 1. The first kappa shape index (κ1) is 20.5. The highest BCUT2D eigenvalue weighted by Gasteiger charge is 2.12. The van der Waals surface area contributed by atoms with Crippen LogP contribution in [0.5, 0.6) is 5.75 Å². The number of hydrogen-bond donors (Lipinski definition) is 1. The Morgan fingerprint density at radius 2 is 1.58 bits per heavy atom. The lowest BCUT2D eigenvalue weighted by molar-refractivity contribution is 0.301. The minimum Gasteiger partial charge on any atom is -0.493 e. The van der Waals surface area contributed by atoms with Gasteiger partial charge in [0.2, 0.25) is 0 Å². The summed E-state index contributed by atoms with van der Waals surface area (Å²) in [6.45, 7) is 11.5. The third-order valence-electron chi connectivity index (χ3n) is 4.69. The highest BCUT2D eigenvalue weighted by molar-refractivity contribution is 5.33. The van der Waals surface area contributed by atoms with Crippen molar-refractivity contribution in [1.82, 2.24) is 5.32 Å². The summed E-state index contributed by atoms with van der Waals surface area (Å²) in [6, 6.07) is 17.3. The van der Waals surface area contributed by atoms with Crippen molar-refractivity contribution in [3.63, 3.8) is 0 Å². The molecule has 2 heteroatoms. The Morgan fingerprint density at radius 1 is 0.846 bits per heavy atom. The molecule has 0 bridgehead atoms. The number of unbranched alkanes of at least 4 members (excludes halogenated alkanes) is 3. The molecule has 2 aromatic rings. The average molecular weight is 354 g/mol. The fourth-order valence-corrected chi connectivity index (χ4v) is 2.97. The van der Waals surface area contributed by atoms with E-state index in [-0.39, 0.29) is 5.41 Å². The van der Waals surface area contributed by atoms with Crippen LogP contribution in [0.1, 0.15) is 70.1 Å². The van der Waals surface area contributed by atoms with Crippen LogP contribution in [0.4, 0.5) is 0 Å². The van der Waals surface area contributed by atoms with Crippen LogP contribution in [0.25, 0.3) is 0 Å². The Balaban J connectivity index is 1.82. The van der Waals surface area contributed by atoms with Gasteiger partial charge in [-0.1, -0.05) is 89.4 Å². The molecule has 0 spiro atoms. The third kappa shape index (κ3) is 6.84. The first-order chi connectivity index (χ1) is 12.5. The maximum absolute atomic E-state index is 6.00. The van der Waals surface area contributed by atoms with Gasteiger partial charge in [0.25, 0.3) is 0 Å². The molecule has 0 aliphatic rings. The summed E-state index contributed by atoms with van der Waals surface area (Å²) in [6.07, 6.45) is 4.94. The topological polar surface area (TPSA) is 21.3 Å². The summed E-state index contributed by atoms with van der Waals surface area (Å²) in [5, 5.41) is 3.55. The highest BCUT2D eigenvalue weighted by Crippen LogP contribution is 2.22. The summed E-state index contributed by atoms with van der Waals surface area (Å²) in [4.78, 5) is 0. The van der Waals surface area contributed by atoms with Crippen LogP contribution < -0.4 is 10.1 Å². The van der Waals surface area contributed by atoms with Crippen molar-refractivity contribution in [2.75, 3.05) is 6.61 Å². The molecule has 0 radical (unpaired) electrons. The van der Waals surface area contributed by atoms with Crippen LogP contribution >= 0.6 is 0 Å². The maximum Gasteiger partial charge on any atom is 0.123 e. The third-order valence-corrected chi connectivity index (χ3v) is 4.69. The number of benzene rings is 2. The molecule has 1 N–H and O–H groups in total. The summed E-state index contributed by atoms with van der Waals surface area (Å²) in [5.74, 6) is 1.01. The second-order valence-electron chi connectivity index (χ2n) is 8.07. The van der Waals surface area contributed by atoms with Crippen LogP contribution in [-0.4, -0.2) is 6.61 Å². The van der Waals surface area contributed by atoms with Crippen LogP contribution in [0.2, 0.25) is 0 Å². The molecule has 0 heterocycles. The minimum absolute atomic E-state index is 0.208. The van der Waals surface area contributed by atoms with Crippen molar-refractivity contribution in [2.24, 2.45) is 0 Å². The zero-order valence-electron chi connectivity index (χ0n) is 17.0. The Labute approximate surface area is 160 Å². The Bertz CT molecular complexity index is 640. The molecule has 0 amide bonds. The Kier molecular flexibility index (Phi) is 8.18. The lowest BCUT2D eigenvalue weighted by Crippen LogP contribution is -2.15. The second-order valence-corrected chi connectivity index (χ2v) is 8.07. The monoisotopic (exact) mass is 353 g/mol. The molecular weight excluding hydrogens is 318 g/mol. The quantitative estimate of drug-likeness (QED) is 0.511. The molecule has 0 atom stereocenters. The number of hydrogen-bond acceptors (Lipinski definition) is 2.